The summed E-state index contributed by atoms with van der Waals surface area (Å²) in [5.41, 5.74) is -0.623. The van der Waals surface area contributed by atoms with Crippen LogP contribution in [0.15, 0.2) is 0 Å². The molecular formula is C14H23NO5. The second-order valence-corrected chi connectivity index (χ2v) is 5.89. The first kappa shape index (κ1) is 16.5. The van der Waals surface area contributed by atoms with E-state index in [-0.39, 0.29) is 30.5 Å². The molecule has 114 valence electrons. The van der Waals surface area contributed by atoms with Gasteiger partial charge >= 0.3 is 12.1 Å². The van der Waals surface area contributed by atoms with Gasteiger partial charge in [0.05, 0.1) is 18.6 Å². The molecule has 0 unspecified atom stereocenters. The fourth-order valence-electron chi connectivity index (χ4n) is 2.09. The Hall–Kier alpha value is -1.59. The van der Waals surface area contributed by atoms with Gasteiger partial charge in [-0.25, -0.2) is 4.79 Å². The van der Waals surface area contributed by atoms with Crippen molar-refractivity contribution in [3.05, 3.63) is 0 Å². The molecule has 0 radical (unpaired) electrons. The fourth-order valence-corrected chi connectivity index (χ4v) is 2.09. The lowest BCUT2D eigenvalue weighted by atomic mass is 9.85. The summed E-state index contributed by atoms with van der Waals surface area (Å²) >= 11 is 0. The lowest BCUT2D eigenvalue weighted by Crippen LogP contribution is -2.47. The van der Waals surface area contributed by atoms with Crippen LogP contribution in [0.5, 0.6) is 0 Å². The van der Waals surface area contributed by atoms with E-state index in [1.807, 2.05) is 0 Å². The molecule has 0 spiro atoms. The summed E-state index contributed by atoms with van der Waals surface area (Å²) < 4.78 is 10.1. The smallest absolute Gasteiger partial charge is 0.408 e. The molecule has 1 fully saturated rings. The number of alkyl carbamates (subject to hydrolysis) is 1. The monoisotopic (exact) mass is 285 g/mol. The lowest BCUT2D eigenvalue weighted by Gasteiger charge is -2.28. The molecule has 0 aromatic rings. The molecule has 0 aromatic heterocycles. The second kappa shape index (κ2) is 6.72. The minimum atomic E-state index is -0.673. The van der Waals surface area contributed by atoms with Crippen molar-refractivity contribution in [1.82, 2.24) is 5.32 Å². The Morgan fingerprint density at radius 3 is 2.55 bits per heavy atom. The van der Waals surface area contributed by atoms with Gasteiger partial charge < -0.3 is 14.8 Å². The number of Topliss-reactive ketones (excluding diaryl/α,β-unsaturated/α-hetero) is 1. The highest BCUT2D eigenvalue weighted by atomic mass is 16.6. The summed E-state index contributed by atoms with van der Waals surface area (Å²) in [7, 11) is 0. The average Bonchev–Trinajstić information content (AvgIpc) is 2.29. The second-order valence-electron chi connectivity index (χ2n) is 5.89. The number of carbonyl (C=O) groups excluding carboxylic acids is 3. The Balaban J connectivity index is 2.57. The van der Waals surface area contributed by atoms with Crippen LogP contribution in [0.2, 0.25) is 0 Å². The van der Waals surface area contributed by atoms with Gasteiger partial charge in [-0.2, -0.15) is 0 Å². The Kier molecular flexibility index (Phi) is 5.53. The maximum Gasteiger partial charge on any atom is 0.408 e. The molecule has 0 saturated heterocycles. The number of hydrogen-bond acceptors (Lipinski definition) is 5. The van der Waals surface area contributed by atoms with Crippen LogP contribution in [0.3, 0.4) is 0 Å². The van der Waals surface area contributed by atoms with Crippen LogP contribution in [0.25, 0.3) is 0 Å². The van der Waals surface area contributed by atoms with Crippen molar-refractivity contribution in [2.75, 3.05) is 6.61 Å². The molecular weight excluding hydrogens is 262 g/mol. The van der Waals surface area contributed by atoms with Crippen LogP contribution in [-0.4, -0.2) is 36.1 Å². The van der Waals surface area contributed by atoms with E-state index in [1.54, 1.807) is 27.7 Å². The zero-order valence-electron chi connectivity index (χ0n) is 12.5. The predicted molar refractivity (Wildman–Crippen MR) is 72.1 cm³/mol. The van der Waals surface area contributed by atoms with E-state index in [0.717, 1.165) is 0 Å². The van der Waals surface area contributed by atoms with Gasteiger partial charge in [-0.05, 0) is 40.5 Å². The maximum absolute atomic E-state index is 11.8. The van der Waals surface area contributed by atoms with Crippen LogP contribution < -0.4 is 5.32 Å². The third-order valence-corrected chi connectivity index (χ3v) is 2.96. The van der Waals surface area contributed by atoms with E-state index in [1.165, 1.54) is 0 Å². The molecule has 1 aliphatic carbocycles. The first-order valence-electron chi connectivity index (χ1n) is 6.91. The van der Waals surface area contributed by atoms with Crippen LogP contribution in [0, 0.1) is 5.92 Å². The topological polar surface area (TPSA) is 81.7 Å². The average molecular weight is 285 g/mol. The molecule has 1 aliphatic rings. The SMILES string of the molecule is CCOC(=O)[C@@H]1CCC(=O)[C@@H](NC(=O)OC(C)(C)C)C1. The highest BCUT2D eigenvalue weighted by Gasteiger charge is 2.35. The van der Waals surface area contributed by atoms with Gasteiger partial charge in [0.25, 0.3) is 0 Å². The van der Waals surface area contributed by atoms with E-state index in [0.29, 0.717) is 13.0 Å². The van der Waals surface area contributed by atoms with E-state index in [2.05, 4.69) is 5.32 Å². The molecule has 0 aromatic carbocycles. The number of rotatable bonds is 3. The van der Waals surface area contributed by atoms with Gasteiger partial charge in [0.2, 0.25) is 0 Å². The van der Waals surface area contributed by atoms with Crippen molar-refractivity contribution in [1.29, 1.82) is 0 Å². The summed E-state index contributed by atoms with van der Waals surface area (Å²) in [6.45, 7) is 7.29. The zero-order valence-corrected chi connectivity index (χ0v) is 12.5. The normalized spacial score (nSPS) is 23.1. The summed E-state index contributed by atoms with van der Waals surface area (Å²) in [6.07, 6.45) is 0.380. The first-order chi connectivity index (χ1) is 9.23. The number of ether oxygens (including phenoxy) is 2. The van der Waals surface area contributed by atoms with Gasteiger partial charge in [0.1, 0.15) is 5.60 Å². The molecule has 6 heteroatoms. The van der Waals surface area contributed by atoms with Crippen molar-refractivity contribution in [3.8, 4) is 0 Å². The van der Waals surface area contributed by atoms with Crippen LogP contribution in [0.1, 0.15) is 47.0 Å². The minimum Gasteiger partial charge on any atom is -0.466 e. The number of amides is 1. The number of esters is 1. The molecule has 1 saturated carbocycles. The number of nitrogens with one attached hydrogen (secondary N) is 1. The highest BCUT2D eigenvalue weighted by molar-refractivity contribution is 5.89. The summed E-state index contributed by atoms with van der Waals surface area (Å²) in [6, 6.07) is -0.673. The molecule has 0 heterocycles. The van der Waals surface area contributed by atoms with E-state index < -0.39 is 17.7 Å². The van der Waals surface area contributed by atoms with Crippen molar-refractivity contribution in [2.45, 2.75) is 58.6 Å². The van der Waals surface area contributed by atoms with Gasteiger partial charge in [-0.3, -0.25) is 9.59 Å². The van der Waals surface area contributed by atoms with Crippen LogP contribution in [-0.2, 0) is 19.1 Å². The number of hydrogen-bond donors (Lipinski definition) is 1. The van der Waals surface area contributed by atoms with Gasteiger partial charge in [0.15, 0.2) is 5.78 Å². The van der Waals surface area contributed by atoms with E-state index >= 15 is 0 Å². The summed E-state index contributed by atoms with van der Waals surface area (Å²) in [5, 5.41) is 2.53. The minimum absolute atomic E-state index is 0.0728. The van der Waals surface area contributed by atoms with E-state index in [4.69, 9.17) is 9.47 Å². The molecule has 0 aliphatic heterocycles. The summed E-state index contributed by atoms with van der Waals surface area (Å²) in [4.78, 5) is 35.2. The lowest BCUT2D eigenvalue weighted by molar-refractivity contribution is -0.150. The van der Waals surface area contributed by atoms with Gasteiger partial charge in [0, 0.05) is 6.42 Å². The fraction of sp³-hybridized carbons (Fsp3) is 0.786. The quantitative estimate of drug-likeness (QED) is 0.800. The predicted octanol–water partition coefficient (Wildman–Crippen LogP) is 1.81. The molecule has 1 rings (SSSR count). The highest BCUT2D eigenvalue weighted by Crippen LogP contribution is 2.23. The van der Waals surface area contributed by atoms with E-state index in [9.17, 15) is 14.4 Å². The van der Waals surface area contributed by atoms with Crippen LogP contribution in [0.4, 0.5) is 4.79 Å². The standard InChI is InChI=1S/C14H23NO5/c1-5-19-12(17)9-6-7-11(16)10(8-9)15-13(18)20-14(2,3)4/h9-10H,5-8H2,1-4H3,(H,15,18)/t9-,10+/m1/s1. The van der Waals surface area contributed by atoms with Crippen molar-refractivity contribution in [2.24, 2.45) is 5.92 Å². The van der Waals surface area contributed by atoms with Crippen molar-refractivity contribution < 1.29 is 23.9 Å². The summed E-state index contributed by atoms with van der Waals surface area (Å²) in [5.74, 6) is -0.722. The molecule has 2 atom stereocenters. The zero-order chi connectivity index (χ0) is 15.3. The van der Waals surface area contributed by atoms with Crippen molar-refractivity contribution >= 4 is 17.8 Å². The third-order valence-electron chi connectivity index (χ3n) is 2.96. The Bertz CT molecular complexity index is 386. The first-order valence-corrected chi connectivity index (χ1v) is 6.91. The van der Waals surface area contributed by atoms with Gasteiger partial charge in [-0.15, -0.1) is 0 Å². The van der Waals surface area contributed by atoms with Gasteiger partial charge in [-0.1, -0.05) is 0 Å². The molecule has 0 bridgehead atoms. The Morgan fingerprint density at radius 2 is 2.00 bits per heavy atom. The third kappa shape index (κ3) is 5.19. The molecule has 6 nitrogen and oxygen atoms in total. The molecule has 1 N–H and O–H groups in total. The largest absolute Gasteiger partial charge is 0.466 e. The molecule has 1 amide bonds. The number of ketones is 1. The van der Waals surface area contributed by atoms with Crippen LogP contribution >= 0.6 is 0 Å². The Morgan fingerprint density at radius 1 is 1.35 bits per heavy atom. The maximum atomic E-state index is 11.8. The Labute approximate surface area is 119 Å². The van der Waals surface area contributed by atoms with Crippen molar-refractivity contribution in [3.63, 3.8) is 0 Å². The number of carbonyl (C=O) groups is 3. The molecule has 20 heavy (non-hydrogen) atoms.